The summed E-state index contributed by atoms with van der Waals surface area (Å²) in [5.41, 5.74) is 0. The number of hydrogen-bond acceptors (Lipinski definition) is 4. The minimum atomic E-state index is -0.196. The molecular formula is C11H17NO2S. The first-order valence-electron chi connectivity index (χ1n) is 5.03. The van der Waals surface area contributed by atoms with Gasteiger partial charge >= 0.3 is 5.97 Å². The second-order valence-electron chi connectivity index (χ2n) is 3.65. The monoisotopic (exact) mass is 227 g/mol. The Bertz CT molecular complexity index is 320. The van der Waals surface area contributed by atoms with E-state index >= 15 is 0 Å². The molecule has 0 saturated carbocycles. The molecule has 0 radical (unpaired) electrons. The van der Waals surface area contributed by atoms with Crippen molar-refractivity contribution < 1.29 is 9.53 Å². The topological polar surface area (TPSA) is 38.3 Å². The van der Waals surface area contributed by atoms with Crippen LogP contribution in [0.2, 0.25) is 0 Å². The molecule has 1 aromatic heterocycles. The third-order valence-corrected chi connectivity index (χ3v) is 2.73. The van der Waals surface area contributed by atoms with Crippen molar-refractivity contribution in [3.8, 4) is 0 Å². The molecule has 0 fully saturated rings. The van der Waals surface area contributed by atoms with Crippen LogP contribution in [0.4, 0.5) is 0 Å². The Morgan fingerprint density at radius 2 is 2.27 bits per heavy atom. The number of rotatable bonds is 5. The van der Waals surface area contributed by atoms with Crippen LogP contribution >= 0.6 is 11.3 Å². The van der Waals surface area contributed by atoms with Gasteiger partial charge in [0, 0.05) is 16.3 Å². The van der Waals surface area contributed by atoms with Crippen LogP contribution < -0.4 is 5.32 Å². The molecule has 0 bridgehead atoms. The summed E-state index contributed by atoms with van der Waals surface area (Å²) in [5, 5.41) is 3.06. The number of esters is 1. The van der Waals surface area contributed by atoms with Crippen molar-refractivity contribution in [2.75, 3.05) is 6.54 Å². The van der Waals surface area contributed by atoms with Crippen LogP contribution in [0.25, 0.3) is 0 Å². The van der Waals surface area contributed by atoms with Gasteiger partial charge in [-0.3, -0.25) is 4.79 Å². The van der Waals surface area contributed by atoms with Gasteiger partial charge in [0.1, 0.15) is 0 Å². The van der Waals surface area contributed by atoms with E-state index in [1.54, 1.807) is 11.3 Å². The lowest BCUT2D eigenvalue weighted by Crippen LogP contribution is -2.25. The van der Waals surface area contributed by atoms with E-state index in [0.29, 0.717) is 0 Å². The van der Waals surface area contributed by atoms with Gasteiger partial charge < -0.3 is 10.1 Å². The standard InChI is InChI=1S/C11H17NO2S/c1-8(2)14-11(13)7-12-6-10-5-4-9(3)15-10/h4-5,8,12H,6-7H2,1-3H3. The van der Waals surface area contributed by atoms with Gasteiger partial charge in [0.25, 0.3) is 0 Å². The summed E-state index contributed by atoms with van der Waals surface area (Å²) in [7, 11) is 0. The van der Waals surface area contributed by atoms with E-state index in [-0.39, 0.29) is 18.6 Å². The second kappa shape index (κ2) is 5.88. The molecule has 1 rings (SSSR count). The lowest BCUT2D eigenvalue weighted by molar-refractivity contribution is -0.146. The lowest BCUT2D eigenvalue weighted by atomic mass is 10.4. The first-order chi connectivity index (χ1) is 7.08. The first-order valence-corrected chi connectivity index (χ1v) is 5.85. The average Bonchev–Trinajstić information content (AvgIpc) is 2.50. The minimum absolute atomic E-state index is 0.0386. The van der Waals surface area contributed by atoms with Gasteiger partial charge in [0.05, 0.1) is 12.6 Å². The molecule has 3 nitrogen and oxygen atoms in total. The van der Waals surface area contributed by atoms with Gasteiger partial charge in [-0.25, -0.2) is 0 Å². The maximum atomic E-state index is 11.2. The van der Waals surface area contributed by atoms with Crippen LogP contribution in [0.1, 0.15) is 23.6 Å². The predicted octanol–water partition coefficient (Wildman–Crippen LogP) is 2.10. The molecule has 0 amide bonds. The van der Waals surface area contributed by atoms with Crippen LogP contribution in [0.5, 0.6) is 0 Å². The Hall–Kier alpha value is -0.870. The predicted molar refractivity (Wildman–Crippen MR) is 62.0 cm³/mol. The van der Waals surface area contributed by atoms with Crippen molar-refractivity contribution in [3.05, 3.63) is 21.9 Å². The molecule has 1 aromatic rings. The van der Waals surface area contributed by atoms with E-state index in [9.17, 15) is 4.79 Å². The van der Waals surface area contributed by atoms with Gasteiger partial charge in [0.2, 0.25) is 0 Å². The van der Waals surface area contributed by atoms with Crippen molar-refractivity contribution in [2.45, 2.75) is 33.4 Å². The summed E-state index contributed by atoms with van der Waals surface area (Å²) in [5.74, 6) is -0.196. The van der Waals surface area contributed by atoms with Crippen molar-refractivity contribution in [1.82, 2.24) is 5.32 Å². The third kappa shape index (κ3) is 4.95. The molecule has 0 saturated heterocycles. The summed E-state index contributed by atoms with van der Waals surface area (Å²) >= 11 is 1.74. The van der Waals surface area contributed by atoms with Gasteiger partial charge in [-0.2, -0.15) is 0 Å². The Kier molecular flexibility index (Phi) is 4.78. The number of ether oxygens (including phenoxy) is 1. The zero-order valence-corrected chi connectivity index (χ0v) is 10.2. The Morgan fingerprint density at radius 1 is 1.53 bits per heavy atom. The first kappa shape index (κ1) is 12.2. The highest BCUT2D eigenvalue weighted by molar-refractivity contribution is 7.11. The van der Waals surface area contributed by atoms with Crippen molar-refractivity contribution in [1.29, 1.82) is 0 Å². The van der Waals surface area contributed by atoms with Crippen LogP contribution in [0, 0.1) is 6.92 Å². The van der Waals surface area contributed by atoms with E-state index in [1.165, 1.54) is 9.75 Å². The van der Waals surface area contributed by atoms with E-state index < -0.39 is 0 Å². The van der Waals surface area contributed by atoms with E-state index in [0.717, 1.165) is 6.54 Å². The molecule has 0 atom stereocenters. The molecule has 1 heterocycles. The van der Waals surface area contributed by atoms with Crippen LogP contribution in [0.15, 0.2) is 12.1 Å². The number of thiophene rings is 1. The smallest absolute Gasteiger partial charge is 0.320 e. The molecule has 0 aliphatic carbocycles. The summed E-state index contributed by atoms with van der Waals surface area (Å²) in [6.07, 6.45) is -0.0386. The number of nitrogens with one attached hydrogen (secondary N) is 1. The maximum absolute atomic E-state index is 11.2. The van der Waals surface area contributed by atoms with Crippen LogP contribution in [-0.4, -0.2) is 18.6 Å². The fraction of sp³-hybridized carbons (Fsp3) is 0.545. The minimum Gasteiger partial charge on any atom is -0.462 e. The SMILES string of the molecule is Cc1ccc(CNCC(=O)OC(C)C)s1. The Balaban J connectivity index is 2.19. The molecule has 1 N–H and O–H groups in total. The average molecular weight is 227 g/mol. The molecule has 0 aromatic carbocycles. The Morgan fingerprint density at radius 3 is 2.80 bits per heavy atom. The Labute approximate surface area is 94.5 Å². The van der Waals surface area contributed by atoms with Crippen molar-refractivity contribution in [2.24, 2.45) is 0 Å². The largest absolute Gasteiger partial charge is 0.462 e. The molecule has 4 heteroatoms. The van der Waals surface area contributed by atoms with Gasteiger partial charge in [-0.1, -0.05) is 0 Å². The highest BCUT2D eigenvalue weighted by Gasteiger charge is 2.04. The van der Waals surface area contributed by atoms with E-state index in [1.807, 2.05) is 13.8 Å². The molecule has 0 aliphatic rings. The summed E-state index contributed by atoms with van der Waals surface area (Å²) in [6, 6.07) is 4.15. The number of aryl methyl sites for hydroxylation is 1. The number of carbonyl (C=O) groups excluding carboxylic acids is 1. The highest BCUT2D eigenvalue weighted by Crippen LogP contribution is 2.14. The fourth-order valence-electron chi connectivity index (χ4n) is 1.17. The third-order valence-electron chi connectivity index (χ3n) is 1.73. The van der Waals surface area contributed by atoms with Crippen LogP contribution in [0.3, 0.4) is 0 Å². The zero-order valence-electron chi connectivity index (χ0n) is 9.37. The van der Waals surface area contributed by atoms with Gasteiger partial charge in [0.15, 0.2) is 0 Å². The molecule has 0 aliphatic heterocycles. The highest BCUT2D eigenvalue weighted by atomic mass is 32.1. The lowest BCUT2D eigenvalue weighted by Gasteiger charge is -2.07. The van der Waals surface area contributed by atoms with Crippen molar-refractivity contribution in [3.63, 3.8) is 0 Å². The molecule has 0 unspecified atom stereocenters. The van der Waals surface area contributed by atoms with Gasteiger partial charge in [-0.05, 0) is 32.9 Å². The van der Waals surface area contributed by atoms with Crippen molar-refractivity contribution >= 4 is 17.3 Å². The molecular weight excluding hydrogens is 210 g/mol. The zero-order chi connectivity index (χ0) is 11.3. The van der Waals surface area contributed by atoms with E-state index in [4.69, 9.17) is 4.74 Å². The summed E-state index contributed by atoms with van der Waals surface area (Å²) in [4.78, 5) is 13.7. The van der Waals surface area contributed by atoms with Gasteiger partial charge in [-0.15, -0.1) is 11.3 Å². The second-order valence-corrected chi connectivity index (χ2v) is 5.03. The normalized spacial score (nSPS) is 10.7. The number of hydrogen-bond donors (Lipinski definition) is 1. The summed E-state index contributed by atoms with van der Waals surface area (Å²) in [6.45, 7) is 6.77. The molecule has 84 valence electrons. The molecule has 15 heavy (non-hydrogen) atoms. The molecule has 0 spiro atoms. The fourth-order valence-corrected chi connectivity index (χ4v) is 2.03. The van der Waals surface area contributed by atoms with E-state index in [2.05, 4.69) is 24.4 Å². The van der Waals surface area contributed by atoms with Crippen LogP contribution in [-0.2, 0) is 16.1 Å². The number of carbonyl (C=O) groups is 1. The summed E-state index contributed by atoms with van der Waals surface area (Å²) < 4.78 is 5.00. The maximum Gasteiger partial charge on any atom is 0.320 e. The quantitative estimate of drug-likeness (QED) is 0.783.